The van der Waals surface area contributed by atoms with Crippen molar-refractivity contribution in [2.45, 2.75) is 32.9 Å². The number of morpholine rings is 1. The van der Waals surface area contributed by atoms with Crippen LogP contribution in [0.25, 0.3) is 0 Å². The van der Waals surface area contributed by atoms with Crippen LogP contribution in [0.3, 0.4) is 0 Å². The summed E-state index contributed by atoms with van der Waals surface area (Å²) in [6.07, 6.45) is 0.0396. The number of carbonyl (C=O) groups excluding carboxylic acids is 1. The molecule has 0 aliphatic carbocycles. The average molecular weight is 249 g/mol. The van der Waals surface area contributed by atoms with E-state index in [2.05, 4.69) is 0 Å². The van der Waals surface area contributed by atoms with Crippen LogP contribution in [0.15, 0.2) is 18.2 Å². The van der Waals surface area contributed by atoms with E-state index in [1.54, 1.807) is 17.0 Å². The number of hydrogen-bond acceptors (Lipinski definition) is 3. The summed E-state index contributed by atoms with van der Waals surface area (Å²) in [5.41, 5.74) is 1.30. The first-order chi connectivity index (χ1) is 8.49. The summed E-state index contributed by atoms with van der Waals surface area (Å²) in [5.74, 6) is -0.0819. The Balaban J connectivity index is 2.24. The molecule has 98 valence electrons. The number of aryl methyl sites for hydroxylation is 1. The second-order valence-corrected chi connectivity index (χ2v) is 4.97. The van der Waals surface area contributed by atoms with Crippen LogP contribution in [0.1, 0.15) is 29.8 Å². The number of hydrogen-bond donors (Lipinski definition) is 1. The van der Waals surface area contributed by atoms with E-state index in [1.807, 2.05) is 26.8 Å². The smallest absolute Gasteiger partial charge is 0.258 e. The van der Waals surface area contributed by atoms with Gasteiger partial charge in [-0.25, -0.2) is 0 Å². The van der Waals surface area contributed by atoms with Crippen LogP contribution in [-0.2, 0) is 4.74 Å². The number of phenols is 1. The molecule has 0 aromatic heterocycles. The molecule has 4 nitrogen and oxygen atoms in total. The summed E-state index contributed by atoms with van der Waals surface area (Å²) in [7, 11) is 0. The van der Waals surface area contributed by atoms with Gasteiger partial charge in [0, 0.05) is 6.54 Å². The maximum absolute atomic E-state index is 12.4. The third kappa shape index (κ3) is 2.48. The lowest BCUT2D eigenvalue weighted by molar-refractivity contribution is -0.0387. The van der Waals surface area contributed by atoms with Crippen molar-refractivity contribution in [2.24, 2.45) is 0 Å². The van der Waals surface area contributed by atoms with Crippen LogP contribution in [0, 0.1) is 6.92 Å². The van der Waals surface area contributed by atoms with Crippen molar-refractivity contribution >= 4 is 5.91 Å². The fourth-order valence-electron chi connectivity index (χ4n) is 2.16. The SMILES string of the molecule is Cc1ccc(C(=O)N2CC(C)OCC2C)c(O)c1. The summed E-state index contributed by atoms with van der Waals surface area (Å²) in [6, 6.07) is 5.16. The molecule has 1 N–H and O–H groups in total. The fourth-order valence-corrected chi connectivity index (χ4v) is 2.16. The lowest BCUT2D eigenvalue weighted by Crippen LogP contribution is -2.50. The minimum atomic E-state index is -0.129. The van der Waals surface area contributed by atoms with Crippen LogP contribution >= 0.6 is 0 Å². The van der Waals surface area contributed by atoms with E-state index in [4.69, 9.17) is 4.74 Å². The molecule has 0 saturated carbocycles. The van der Waals surface area contributed by atoms with Gasteiger partial charge in [-0.15, -0.1) is 0 Å². The van der Waals surface area contributed by atoms with Gasteiger partial charge in [0.25, 0.3) is 5.91 Å². The molecule has 18 heavy (non-hydrogen) atoms. The molecule has 0 radical (unpaired) electrons. The third-order valence-corrected chi connectivity index (χ3v) is 3.25. The molecule has 1 aliphatic heterocycles. The Kier molecular flexibility index (Phi) is 3.57. The van der Waals surface area contributed by atoms with Gasteiger partial charge in [0.15, 0.2) is 0 Å². The Morgan fingerprint density at radius 1 is 1.44 bits per heavy atom. The molecule has 1 amide bonds. The van der Waals surface area contributed by atoms with Crippen LogP contribution < -0.4 is 0 Å². The van der Waals surface area contributed by atoms with Gasteiger partial charge in [0.05, 0.1) is 24.3 Å². The predicted molar refractivity (Wildman–Crippen MR) is 68.8 cm³/mol. The van der Waals surface area contributed by atoms with Gasteiger partial charge in [-0.2, -0.15) is 0 Å². The highest BCUT2D eigenvalue weighted by Crippen LogP contribution is 2.23. The van der Waals surface area contributed by atoms with Crippen molar-refractivity contribution in [1.29, 1.82) is 0 Å². The van der Waals surface area contributed by atoms with E-state index in [-0.39, 0.29) is 23.8 Å². The molecule has 1 saturated heterocycles. The fraction of sp³-hybridized carbons (Fsp3) is 0.500. The van der Waals surface area contributed by atoms with Gasteiger partial charge in [-0.05, 0) is 38.5 Å². The Bertz CT molecular complexity index is 458. The van der Waals surface area contributed by atoms with Crippen molar-refractivity contribution in [2.75, 3.05) is 13.2 Å². The Morgan fingerprint density at radius 3 is 2.83 bits per heavy atom. The molecule has 2 atom stereocenters. The van der Waals surface area contributed by atoms with Crippen LogP contribution in [0.5, 0.6) is 5.75 Å². The summed E-state index contributed by atoms with van der Waals surface area (Å²) in [6.45, 7) is 6.89. The van der Waals surface area contributed by atoms with Crippen molar-refractivity contribution in [1.82, 2.24) is 4.90 Å². The molecule has 1 heterocycles. The molecule has 2 unspecified atom stereocenters. The lowest BCUT2D eigenvalue weighted by atomic mass is 10.1. The standard InChI is InChI=1S/C14H19NO3/c1-9-4-5-12(13(16)6-9)14(17)15-7-11(3)18-8-10(15)2/h4-6,10-11,16H,7-8H2,1-3H3. The Hall–Kier alpha value is -1.55. The molecule has 1 aliphatic rings. The van der Waals surface area contributed by atoms with Crippen LogP contribution in [0.4, 0.5) is 0 Å². The normalized spacial score (nSPS) is 24.1. The highest BCUT2D eigenvalue weighted by atomic mass is 16.5. The molecule has 0 bridgehead atoms. The molecule has 1 fully saturated rings. The van der Waals surface area contributed by atoms with E-state index in [0.717, 1.165) is 5.56 Å². The van der Waals surface area contributed by atoms with Gasteiger partial charge in [-0.1, -0.05) is 6.07 Å². The second-order valence-electron chi connectivity index (χ2n) is 4.97. The van der Waals surface area contributed by atoms with Crippen molar-refractivity contribution in [3.63, 3.8) is 0 Å². The first kappa shape index (κ1) is 12.9. The first-order valence-electron chi connectivity index (χ1n) is 6.21. The van der Waals surface area contributed by atoms with Crippen molar-refractivity contribution < 1.29 is 14.6 Å². The minimum Gasteiger partial charge on any atom is -0.507 e. The molecular weight excluding hydrogens is 230 g/mol. The Morgan fingerprint density at radius 2 is 2.17 bits per heavy atom. The first-order valence-corrected chi connectivity index (χ1v) is 6.21. The molecule has 0 spiro atoms. The second kappa shape index (κ2) is 4.98. The zero-order valence-electron chi connectivity index (χ0n) is 11.0. The van der Waals surface area contributed by atoms with E-state index in [9.17, 15) is 9.90 Å². The third-order valence-electron chi connectivity index (χ3n) is 3.25. The number of aromatic hydroxyl groups is 1. The number of ether oxygens (including phenoxy) is 1. The number of rotatable bonds is 1. The highest BCUT2D eigenvalue weighted by Gasteiger charge is 2.29. The highest BCUT2D eigenvalue weighted by molar-refractivity contribution is 5.97. The summed E-state index contributed by atoms with van der Waals surface area (Å²) < 4.78 is 5.50. The van der Waals surface area contributed by atoms with E-state index in [1.165, 1.54) is 0 Å². The molecular formula is C14H19NO3. The van der Waals surface area contributed by atoms with Gasteiger partial charge in [0.2, 0.25) is 0 Å². The average Bonchev–Trinajstić information content (AvgIpc) is 2.31. The van der Waals surface area contributed by atoms with E-state index in [0.29, 0.717) is 18.7 Å². The zero-order chi connectivity index (χ0) is 13.3. The minimum absolute atomic E-state index is 0.0365. The topological polar surface area (TPSA) is 49.8 Å². The molecule has 1 aromatic carbocycles. The summed E-state index contributed by atoms with van der Waals surface area (Å²) in [5, 5.41) is 9.87. The van der Waals surface area contributed by atoms with Gasteiger partial charge < -0.3 is 14.7 Å². The zero-order valence-corrected chi connectivity index (χ0v) is 11.0. The van der Waals surface area contributed by atoms with Gasteiger partial charge in [-0.3, -0.25) is 4.79 Å². The summed E-state index contributed by atoms with van der Waals surface area (Å²) >= 11 is 0. The maximum Gasteiger partial charge on any atom is 0.258 e. The van der Waals surface area contributed by atoms with Crippen molar-refractivity contribution in [3.8, 4) is 5.75 Å². The number of carbonyl (C=O) groups is 1. The number of amides is 1. The van der Waals surface area contributed by atoms with Crippen LogP contribution in [0.2, 0.25) is 0 Å². The van der Waals surface area contributed by atoms with Gasteiger partial charge >= 0.3 is 0 Å². The number of benzene rings is 1. The number of nitrogens with zero attached hydrogens (tertiary/aromatic N) is 1. The van der Waals surface area contributed by atoms with Crippen molar-refractivity contribution in [3.05, 3.63) is 29.3 Å². The Labute approximate surface area is 107 Å². The molecule has 4 heteroatoms. The monoisotopic (exact) mass is 249 g/mol. The summed E-state index contributed by atoms with van der Waals surface area (Å²) in [4.78, 5) is 14.2. The van der Waals surface area contributed by atoms with E-state index >= 15 is 0 Å². The predicted octanol–water partition coefficient (Wildman–Crippen LogP) is 1.95. The quantitative estimate of drug-likeness (QED) is 0.827. The lowest BCUT2D eigenvalue weighted by Gasteiger charge is -2.36. The van der Waals surface area contributed by atoms with Gasteiger partial charge in [0.1, 0.15) is 5.75 Å². The number of phenolic OH excluding ortho intramolecular Hbond substituents is 1. The van der Waals surface area contributed by atoms with E-state index < -0.39 is 0 Å². The van der Waals surface area contributed by atoms with Crippen LogP contribution in [-0.4, -0.2) is 41.2 Å². The molecule has 2 rings (SSSR count). The maximum atomic E-state index is 12.4. The molecule has 1 aromatic rings. The largest absolute Gasteiger partial charge is 0.507 e.